The maximum atomic E-state index is 13.0. The topological polar surface area (TPSA) is 54.8 Å². The highest BCUT2D eigenvalue weighted by Gasteiger charge is 2.31. The number of aromatic nitrogens is 1. The molecule has 1 atom stereocenters. The van der Waals surface area contributed by atoms with Crippen molar-refractivity contribution in [1.29, 1.82) is 0 Å². The van der Waals surface area contributed by atoms with E-state index < -0.39 is 5.60 Å². The largest absolute Gasteiger partial charge is 0.444 e. The minimum absolute atomic E-state index is 0.133. The third-order valence-electron chi connectivity index (χ3n) is 4.11. The number of carbonyl (C=O) groups is 2. The van der Waals surface area contributed by atoms with Crippen LogP contribution in [0.5, 0.6) is 0 Å². The first kappa shape index (κ1) is 19.7. The standard InChI is InChI=1S/C18H29N3O3S/c1-18(2,3)24-17(23)21-12-10-20(11-13-21)16(22)15(7-14-25-4)19-8-5-6-9-19/h5-6,8-9,15H,7,10-14H2,1-4H3/t15-/m0/s1. The second kappa shape index (κ2) is 8.65. The molecule has 0 radical (unpaired) electrons. The average Bonchev–Trinajstić information content (AvgIpc) is 3.08. The van der Waals surface area contributed by atoms with Crippen molar-refractivity contribution >= 4 is 23.8 Å². The molecule has 2 rings (SSSR count). The molecule has 1 aliphatic heterocycles. The number of nitrogens with zero attached hydrogens (tertiary/aromatic N) is 3. The van der Waals surface area contributed by atoms with Gasteiger partial charge < -0.3 is 19.1 Å². The van der Waals surface area contributed by atoms with Gasteiger partial charge >= 0.3 is 6.09 Å². The Morgan fingerprint density at radius 2 is 1.64 bits per heavy atom. The molecule has 7 heteroatoms. The highest BCUT2D eigenvalue weighted by atomic mass is 32.2. The Morgan fingerprint density at radius 1 is 1.08 bits per heavy atom. The van der Waals surface area contributed by atoms with Gasteiger partial charge in [0.25, 0.3) is 0 Å². The highest BCUT2D eigenvalue weighted by Crippen LogP contribution is 2.20. The third-order valence-corrected chi connectivity index (χ3v) is 4.75. The Bertz CT molecular complexity index is 561. The van der Waals surface area contributed by atoms with E-state index in [0.717, 1.165) is 12.2 Å². The van der Waals surface area contributed by atoms with Gasteiger partial charge in [0.15, 0.2) is 0 Å². The van der Waals surface area contributed by atoms with Crippen molar-refractivity contribution in [3.05, 3.63) is 24.5 Å². The van der Waals surface area contributed by atoms with E-state index in [-0.39, 0.29) is 18.0 Å². The molecule has 0 bridgehead atoms. The summed E-state index contributed by atoms with van der Waals surface area (Å²) in [7, 11) is 0. The van der Waals surface area contributed by atoms with E-state index in [0.29, 0.717) is 26.2 Å². The second-order valence-electron chi connectivity index (χ2n) is 7.22. The lowest BCUT2D eigenvalue weighted by Crippen LogP contribution is -2.53. The van der Waals surface area contributed by atoms with Crippen LogP contribution in [0.4, 0.5) is 4.79 Å². The van der Waals surface area contributed by atoms with Crippen LogP contribution in [0.2, 0.25) is 0 Å². The van der Waals surface area contributed by atoms with Crippen LogP contribution in [-0.4, -0.2) is 70.2 Å². The van der Waals surface area contributed by atoms with Gasteiger partial charge in [-0.2, -0.15) is 11.8 Å². The molecular weight excluding hydrogens is 338 g/mol. The molecule has 6 nitrogen and oxygen atoms in total. The molecule has 0 spiro atoms. The van der Waals surface area contributed by atoms with Gasteiger partial charge in [-0.3, -0.25) is 4.79 Å². The maximum absolute atomic E-state index is 13.0. The van der Waals surface area contributed by atoms with Crippen LogP contribution < -0.4 is 0 Å². The predicted octanol–water partition coefficient (Wildman–Crippen LogP) is 2.86. The van der Waals surface area contributed by atoms with Crippen LogP contribution in [0.3, 0.4) is 0 Å². The number of amides is 2. The van der Waals surface area contributed by atoms with Crippen molar-refractivity contribution in [1.82, 2.24) is 14.4 Å². The number of ether oxygens (including phenoxy) is 1. The van der Waals surface area contributed by atoms with Gasteiger partial charge in [-0.1, -0.05) is 0 Å². The van der Waals surface area contributed by atoms with Crippen molar-refractivity contribution in [2.24, 2.45) is 0 Å². The zero-order valence-electron chi connectivity index (χ0n) is 15.6. The van der Waals surface area contributed by atoms with Crippen molar-refractivity contribution in [2.75, 3.05) is 38.2 Å². The first-order valence-electron chi connectivity index (χ1n) is 8.70. The normalized spacial score (nSPS) is 16.6. The van der Waals surface area contributed by atoms with Crippen molar-refractivity contribution in [3.8, 4) is 0 Å². The van der Waals surface area contributed by atoms with E-state index in [1.165, 1.54) is 0 Å². The van der Waals surface area contributed by atoms with E-state index in [4.69, 9.17) is 4.74 Å². The SMILES string of the molecule is CSCC[C@@H](C(=O)N1CCN(C(=O)OC(C)(C)C)CC1)n1cccc1. The van der Waals surface area contributed by atoms with Crippen LogP contribution in [0.25, 0.3) is 0 Å². The first-order chi connectivity index (χ1) is 11.8. The minimum atomic E-state index is -0.499. The van der Waals surface area contributed by atoms with E-state index in [2.05, 4.69) is 6.26 Å². The Balaban J connectivity index is 1.94. The van der Waals surface area contributed by atoms with E-state index in [9.17, 15) is 9.59 Å². The molecule has 1 aromatic heterocycles. The molecule has 0 aliphatic carbocycles. The van der Waals surface area contributed by atoms with Gasteiger partial charge in [0.2, 0.25) is 5.91 Å². The molecule has 2 heterocycles. The lowest BCUT2D eigenvalue weighted by atomic mass is 10.1. The van der Waals surface area contributed by atoms with Gasteiger partial charge in [-0.15, -0.1) is 0 Å². The second-order valence-corrected chi connectivity index (χ2v) is 8.21. The van der Waals surface area contributed by atoms with Gasteiger partial charge in [-0.25, -0.2) is 4.79 Å². The third kappa shape index (κ3) is 5.70. The maximum Gasteiger partial charge on any atom is 0.410 e. The molecule has 1 aliphatic rings. The lowest BCUT2D eigenvalue weighted by molar-refractivity contribution is -0.136. The average molecular weight is 368 g/mol. The van der Waals surface area contributed by atoms with Crippen LogP contribution in [-0.2, 0) is 9.53 Å². The van der Waals surface area contributed by atoms with Crippen molar-refractivity contribution in [3.63, 3.8) is 0 Å². The molecule has 0 N–H and O–H groups in total. The molecule has 0 aromatic carbocycles. The lowest BCUT2D eigenvalue weighted by Gasteiger charge is -2.37. The van der Waals surface area contributed by atoms with E-state index in [1.54, 1.807) is 16.7 Å². The molecule has 2 amide bonds. The minimum Gasteiger partial charge on any atom is -0.444 e. The zero-order chi connectivity index (χ0) is 18.4. The predicted molar refractivity (Wildman–Crippen MR) is 101 cm³/mol. The van der Waals surface area contributed by atoms with E-state index in [1.807, 2.05) is 54.8 Å². The molecule has 1 saturated heterocycles. The van der Waals surface area contributed by atoms with Crippen molar-refractivity contribution < 1.29 is 14.3 Å². The Morgan fingerprint density at radius 3 is 2.16 bits per heavy atom. The summed E-state index contributed by atoms with van der Waals surface area (Å²) >= 11 is 1.75. The van der Waals surface area contributed by atoms with Gasteiger partial charge in [0.1, 0.15) is 11.6 Å². The fraction of sp³-hybridized carbons (Fsp3) is 0.667. The summed E-state index contributed by atoms with van der Waals surface area (Å²) in [5.74, 6) is 1.07. The molecule has 0 unspecified atom stereocenters. The fourth-order valence-corrected chi connectivity index (χ4v) is 3.29. The Hall–Kier alpha value is -1.63. The number of thioether (sulfide) groups is 1. The van der Waals surface area contributed by atoms with Crippen LogP contribution in [0, 0.1) is 0 Å². The number of carbonyl (C=O) groups excluding carboxylic acids is 2. The number of rotatable bonds is 5. The number of piperazine rings is 1. The van der Waals surface area contributed by atoms with Crippen LogP contribution in [0.1, 0.15) is 33.2 Å². The van der Waals surface area contributed by atoms with Crippen LogP contribution in [0.15, 0.2) is 24.5 Å². The zero-order valence-corrected chi connectivity index (χ0v) is 16.4. The van der Waals surface area contributed by atoms with E-state index >= 15 is 0 Å². The summed E-state index contributed by atoms with van der Waals surface area (Å²) in [6, 6.07) is 3.72. The molecule has 1 aromatic rings. The Labute approximate surface area is 154 Å². The summed E-state index contributed by atoms with van der Waals surface area (Å²) < 4.78 is 7.39. The first-order valence-corrected chi connectivity index (χ1v) is 10.1. The summed E-state index contributed by atoms with van der Waals surface area (Å²) in [4.78, 5) is 28.7. The summed E-state index contributed by atoms with van der Waals surface area (Å²) in [5, 5.41) is 0. The molecule has 0 saturated carbocycles. The smallest absolute Gasteiger partial charge is 0.410 e. The quantitative estimate of drug-likeness (QED) is 0.803. The summed E-state index contributed by atoms with van der Waals surface area (Å²) in [5.41, 5.74) is -0.499. The van der Waals surface area contributed by atoms with Gasteiger partial charge in [0, 0.05) is 38.6 Å². The highest BCUT2D eigenvalue weighted by molar-refractivity contribution is 7.98. The monoisotopic (exact) mass is 367 g/mol. The summed E-state index contributed by atoms with van der Waals surface area (Å²) in [6.45, 7) is 7.71. The molecule has 25 heavy (non-hydrogen) atoms. The van der Waals surface area contributed by atoms with Crippen LogP contribution >= 0.6 is 11.8 Å². The van der Waals surface area contributed by atoms with Crippen molar-refractivity contribution in [2.45, 2.75) is 38.8 Å². The summed E-state index contributed by atoms with van der Waals surface area (Å²) in [6.07, 6.45) is 6.45. The molecular formula is C18H29N3O3S. The van der Waals surface area contributed by atoms with Gasteiger partial charge in [0.05, 0.1) is 0 Å². The molecule has 140 valence electrons. The molecule has 1 fully saturated rings. The van der Waals surface area contributed by atoms with Gasteiger partial charge in [-0.05, 0) is 51.3 Å². The number of hydrogen-bond donors (Lipinski definition) is 0. The fourth-order valence-electron chi connectivity index (χ4n) is 2.83. The number of hydrogen-bond acceptors (Lipinski definition) is 4. The Kier molecular flexibility index (Phi) is 6.81.